The van der Waals surface area contributed by atoms with Gasteiger partial charge < -0.3 is 10.4 Å². The lowest BCUT2D eigenvalue weighted by atomic mass is 9.93. The van der Waals surface area contributed by atoms with Crippen molar-refractivity contribution in [1.29, 1.82) is 0 Å². The molecule has 2 N–H and O–H groups in total. The zero-order valence-electron chi connectivity index (χ0n) is 9.24. The maximum Gasteiger partial charge on any atom is 0.0917 e. The molecule has 1 aliphatic carbocycles. The van der Waals surface area contributed by atoms with Crippen molar-refractivity contribution in [3.8, 4) is 0 Å². The molecule has 0 radical (unpaired) electrons. The first kappa shape index (κ1) is 10.7. The Morgan fingerprint density at radius 1 is 1.40 bits per heavy atom. The molecule has 1 unspecified atom stereocenters. The first-order valence-corrected chi connectivity index (χ1v) is 5.74. The lowest BCUT2D eigenvalue weighted by Gasteiger charge is -2.28. The van der Waals surface area contributed by atoms with Crippen molar-refractivity contribution in [3.63, 3.8) is 0 Å². The highest BCUT2D eigenvalue weighted by atomic mass is 16.3. The van der Waals surface area contributed by atoms with Gasteiger partial charge in [0.2, 0.25) is 0 Å². The molecule has 1 aromatic carbocycles. The van der Waals surface area contributed by atoms with Crippen LogP contribution in [0.1, 0.15) is 36.5 Å². The molecule has 1 aromatic rings. The van der Waals surface area contributed by atoms with Crippen LogP contribution in [-0.4, -0.2) is 17.7 Å². The van der Waals surface area contributed by atoms with E-state index in [1.54, 1.807) is 0 Å². The molecular formula is C13H19NO. The van der Waals surface area contributed by atoms with E-state index < -0.39 is 0 Å². The van der Waals surface area contributed by atoms with Gasteiger partial charge in [0.1, 0.15) is 0 Å². The number of hydrogen-bond acceptors (Lipinski definition) is 2. The Bertz CT molecular complexity index is 320. The Morgan fingerprint density at radius 2 is 2.13 bits per heavy atom. The molecule has 1 atom stereocenters. The molecule has 0 bridgehead atoms. The standard InChI is InChI=1S/C13H19NO/c1-10-5-2-3-8-12(10)13(15)9-14-11-6-4-7-11/h2-3,5,8,11,13-15H,4,6-7,9H2,1H3. The Labute approximate surface area is 91.3 Å². The first-order chi connectivity index (χ1) is 7.27. The summed E-state index contributed by atoms with van der Waals surface area (Å²) < 4.78 is 0. The summed E-state index contributed by atoms with van der Waals surface area (Å²) in [5.41, 5.74) is 2.21. The molecule has 0 spiro atoms. The second-order valence-corrected chi connectivity index (χ2v) is 4.41. The number of benzene rings is 1. The van der Waals surface area contributed by atoms with Crippen LogP contribution in [0.5, 0.6) is 0 Å². The van der Waals surface area contributed by atoms with E-state index in [9.17, 15) is 5.11 Å². The van der Waals surface area contributed by atoms with E-state index in [1.807, 2.05) is 31.2 Å². The van der Waals surface area contributed by atoms with Crippen molar-refractivity contribution in [3.05, 3.63) is 35.4 Å². The summed E-state index contributed by atoms with van der Waals surface area (Å²) in [6.07, 6.45) is 3.49. The molecule has 15 heavy (non-hydrogen) atoms. The predicted octanol–water partition coefficient (Wildman–Crippen LogP) is 2.17. The topological polar surface area (TPSA) is 32.3 Å². The first-order valence-electron chi connectivity index (χ1n) is 5.74. The monoisotopic (exact) mass is 205 g/mol. The highest BCUT2D eigenvalue weighted by Gasteiger charge is 2.18. The van der Waals surface area contributed by atoms with Gasteiger partial charge in [-0.25, -0.2) is 0 Å². The van der Waals surface area contributed by atoms with Gasteiger partial charge in [-0.3, -0.25) is 0 Å². The minimum atomic E-state index is -0.369. The second kappa shape index (κ2) is 4.77. The van der Waals surface area contributed by atoms with Gasteiger partial charge in [0.15, 0.2) is 0 Å². The number of nitrogens with one attached hydrogen (secondary N) is 1. The largest absolute Gasteiger partial charge is 0.387 e. The summed E-state index contributed by atoms with van der Waals surface area (Å²) in [7, 11) is 0. The van der Waals surface area contributed by atoms with Crippen LogP contribution in [0.25, 0.3) is 0 Å². The molecule has 1 fully saturated rings. The summed E-state index contributed by atoms with van der Waals surface area (Å²) in [5.74, 6) is 0. The molecule has 0 heterocycles. The molecule has 1 aliphatic rings. The van der Waals surface area contributed by atoms with E-state index in [0.29, 0.717) is 12.6 Å². The van der Waals surface area contributed by atoms with Gasteiger partial charge in [-0.15, -0.1) is 0 Å². The molecule has 0 amide bonds. The maximum absolute atomic E-state index is 10.0. The zero-order chi connectivity index (χ0) is 10.7. The number of rotatable bonds is 4. The van der Waals surface area contributed by atoms with Gasteiger partial charge in [-0.05, 0) is 30.9 Å². The van der Waals surface area contributed by atoms with Crippen molar-refractivity contribution in [2.45, 2.75) is 38.3 Å². The minimum absolute atomic E-state index is 0.369. The summed E-state index contributed by atoms with van der Waals surface area (Å²) in [6, 6.07) is 8.67. The molecule has 2 rings (SSSR count). The number of aliphatic hydroxyl groups excluding tert-OH is 1. The Balaban J connectivity index is 1.89. The SMILES string of the molecule is Cc1ccccc1C(O)CNC1CCC1. The van der Waals surface area contributed by atoms with Crippen LogP contribution in [0.2, 0.25) is 0 Å². The highest BCUT2D eigenvalue weighted by molar-refractivity contribution is 5.27. The molecule has 82 valence electrons. The Morgan fingerprint density at radius 3 is 2.73 bits per heavy atom. The molecule has 1 saturated carbocycles. The van der Waals surface area contributed by atoms with Gasteiger partial charge in [0.05, 0.1) is 6.10 Å². The molecule has 2 heteroatoms. The molecular weight excluding hydrogens is 186 g/mol. The van der Waals surface area contributed by atoms with E-state index in [4.69, 9.17) is 0 Å². The summed E-state index contributed by atoms with van der Waals surface area (Å²) >= 11 is 0. The number of aliphatic hydroxyl groups is 1. The fourth-order valence-corrected chi connectivity index (χ4v) is 1.96. The average Bonchev–Trinajstić information content (AvgIpc) is 2.16. The summed E-state index contributed by atoms with van der Waals surface area (Å²) in [4.78, 5) is 0. The van der Waals surface area contributed by atoms with Crippen molar-refractivity contribution >= 4 is 0 Å². The number of hydrogen-bond donors (Lipinski definition) is 2. The number of aryl methyl sites for hydroxylation is 1. The van der Waals surface area contributed by atoms with Crippen LogP contribution >= 0.6 is 0 Å². The molecule has 0 aromatic heterocycles. The van der Waals surface area contributed by atoms with E-state index in [2.05, 4.69) is 5.32 Å². The van der Waals surface area contributed by atoms with Crippen LogP contribution in [0.4, 0.5) is 0 Å². The second-order valence-electron chi connectivity index (χ2n) is 4.41. The van der Waals surface area contributed by atoms with E-state index in [1.165, 1.54) is 24.8 Å². The van der Waals surface area contributed by atoms with Crippen molar-refractivity contribution < 1.29 is 5.11 Å². The third-order valence-electron chi connectivity index (χ3n) is 3.25. The van der Waals surface area contributed by atoms with Gasteiger partial charge in [-0.1, -0.05) is 30.7 Å². The Kier molecular flexibility index (Phi) is 3.39. The van der Waals surface area contributed by atoms with Crippen LogP contribution in [0, 0.1) is 6.92 Å². The third kappa shape index (κ3) is 2.58. The fourth-order valence-electron chi connectivity index (χ4n) is 1.96. The quantitative estimate of drug-likeness (QED) is 0.789. The minimum Gasteiger partial charge on any atom is -0.387 e. The van der Waals surface area contributed by atoms with E-state index in [-0.39, 0.29) is 6.10 Å². The molecule has 0 saturated heterocycles. The lowest BCUT2D eigenvalue weighted by molar-refractivity contribution is 0.160. The maximum atomic E-state index is 10.0. The summed E-state index contributed by atoms with van der Waals surface area (Å²) in [5, 5.41) is 13.4. The van der Waals surface area contributed by atoms with Crippen molar-refractivity contribution in [1.82, 2.24) is 5.32 Å². The highest BCUT2D eigenvalue weighted by Crippen LogP contribution is 2.20. The van der Waals surface area contributed by atoms with Gasteiger partial charge >= 0.3 is 0 Å². The van der Waals surface area contributed by atoms with E-state index >= 15 is 0 Å². The van der Waals surface area contributed by atoms with Crippen LogP contribution in [0.15, 0.2) is 24.3 Å². The third-order valence-corrected chi connectivity index (χ3v) is 3.25. The smallest absolute Gasteiger partial charge is 0.0917 e. The van der Waals surface area contributed by atoms with Gasteiger partial charge in [0, 0.05) is 12.6 Å². The van der Waals surface area contributed by atoms with Gasteiger partial charge in [0.25, 0.3) is 0 Å². The molecule has 0 aliphatic heterocycles. The lowest BCUT2D eigenvalue weighted by Crippen LogP contribution is -2.37. The fraction of sp³-hybridized carbons (Fsp3) is 0.538. The van der Waals surface area contributed by atoms with Crippen LogP contribution in [0.3, 0.4) is 0 Å². The average molecular weight is 205 g/mol. The summed E-state index contributed by atoms with van der Waals surface area (Å²) in [6.45, 7) is 2.72. The van der Waals surface area contributed by atoms with Crippen LogP contribution in [-0.2, 0) is 0 Å². The normalized spacial score (nSPS) is 18.5. The predicted molar refractivity (Wildman–Crippen MR) is 61.8 cm³/mol. The van der Waals surface area contributed by atoms with Crippen LogP contribution < -0.4 is 5.32 Å². The van der Waals surface area contributed by atoms with Gasteiger partial charge in [-0.2, -0.15) is 0 Å². The van der Waals surface area contributed by atoms with Crippen molar-refractivity contribution in [2.24, 2.45) is 0 Å². The molecule has 2 nitrogen and oxygen atoms in total. The van der Waals surface area contributed by atoms with Crippen molar-refractivity contribution in [2.75, 3.05) is 6.54 Å². The van der Waals surface area contributed by atoms with E-state index in [0.717, 1.165) is 5.56 Å². The Hall–Kier alpha value is -0.860. The zero-order valence-corrected chi connectivity index (χ0v) is 9.24.